The van der Waals surface area contributed by atoms with E-state index in [4.69, 9.17) is 5.26 Å². The highest BCUT2D eigenvalue weighted by Gasteiger charge is 2.18. The van der Waals surface area contributed by atoms with E-state index in [-0.39, 0.29) is 5.92 Å². The number of benzene rings is 1. The molecular formula is C14H19N3O. The van der Waals surface area contributed by atoms with Crippen molar-refractivity contribution in [2.24, 2.45) is 5.92 Å². The Balaban J connectivity index is 1.87. The molecule has 96 valence electrons. The van der Waals surface area contributed by atoms with Crippen LogP contribution in [0.1, 0.15) is 6.92 Å². The zero-order chi connectivity index (χ0) is 13.0. The summed E-state index contributed by atoms with van der Waals surface area (Å²) < 4.78 is 0. The van der Waals surface area contributed by atoms with Gasteiger partial charge in [-0.05, 0) is 31.2 Å². The predicted molar refractivity (Wildman–Crippen MR) is 71.5 cm³/mol. The quantitative estimate of drug-likeness (QED) is 0.880. The van der Waals surface area contributed by atoms with E-state index in [1.165, 1.54) is 0 Å². The highest BCUT2D eigenvalue weighted by atomic mass is 16.3. The smallest absolute Gasteiger partial charge is 0.115 e. The zero-order valence-electron chi connectivity index (χ0n) is 10.7. The standard InChI is InChI=1S/C14H19N3O/c1-12(10-15)11-16-6-8-17(9-7-16)13-2-4-14(18)5-3-13/h2-5,12,18H,6-9,11H2,1H3/t12-/m0/s1. The maximum absolute atomic E-state index is 9.27. The van der Waals surface area contributed by atoms with Crippen molar-refractivity contribution in [3.05, 3.63) is 24.3 Å². The number of phenols is 1. The van der Waals surface area contributed by atoms with Gasteiger partial charge < -0.3 is 10.0 Å². The van der Waals surface area contributed by atoms with Gasteiger partial charge in [0.25, 0.3) is 0 Å². The molecule has 2 rings (SSSR count). The van der Waals surface area contributed by atoms with Crippen molar-refractivity contribution < 1.29 is 5.11 Å². The Hall–Kier alpha value is -1.73. The van der Waals surface area contributed by atoms with Crippen molar-refractivity contribution in [1.82, 2.24) is 4.90 Å². The number of aromatic hydroxyl groups is 1. The number of rotatable bonds is 3. The number of piperazine rings is 1. The summed E-state index contributed by atoms with van der Waals surface area (Å²) in [5.41, 5.74) is 1.15. The van der Waals surface area contributed by atoms with Crippen molar-refractivity contribution >= 4 is 5.69 Å². The number of nitriles is 1. The summed E-state index contributed by atoms with van der Waals surface area (Å²) in [6.45, 7) is 6.76. The van der Waals surface area contributed by atoms with Gasteiger partial charge in [-0.1, -0.05) is 0 Å². The van der Waals surface area contributed by atoms with E-state index < -0.39 is 0 Å². The molecule has 1 aliphatic rings. The molecule has 0 amide bonds. The highest BCUT2D eigenvalue weighted by Crippen LogP contribution is 2.19. The van der Waals surface area contributed by atoms with Crippen molar-refractivity contribution in [2.45, 2.75) is 6.92 Å². The first-order chi connectivity index (χ1) is 8.69. The molecule has 1 N–H and O–H groups in total. The van der Waals surface area contributed by atoms with Crippen LogP contribution in [0.2, 0.25) is 0 Å². The first-order valence-corrected chi connectivity index (χ1v) is 6.35. The molecule has 0 aliphatic carbocycles. The molecule has 0 spiro atoms. The second-order valence-electron chi connectivity index (χ2n) is 4.83. The third-order valence-corrected chi connectivity index (χ3v) is 3.34. The maximum Gasteiger partial charge on any atom is 0.115 e. The van der Waals surface area contributed by atoms with Gasteiger partial charge in [0.2, 0.25) is 0 Å². The normalized spacial score (nSPS) is 18.3. The fourth-order valence-corrected chi connectivity index (χ4v) is 2.28. The van der Waals surface area contributed by atoms with Crippen molar-refractivity contribution in [3.63, 3.8) is 0 Å². The van der Waals surface area contributed by atoms with Gasteiger partial charge in [-0.15, -0.1) is 0 Å². The van der Waals surface area contributed by atoms with Crippen LogP contribution in [-0.2, 0) is 0 Å². The monoisotopic (exact) mass is 245 g/mol. The summed E-state index contributed by atoms with van der Waals surface area (Å²) in [6.07, 6.45) is 0. The number of hydrogen-bond donors (Lipinski definition) is 1. The summed E-state index contributed by atoms with van der Waals surface area (Å²) >= 11 is 0. The predicted octanol–water partition coefficient (Wildman–Crippen LogP) is 1.67. The zero-order valence-corrected chi connectivity index (χ0v) is 10.7. The highest BCUT2D eigenvalue weighted by molar-refractivity contribution is 5.49. The van der Waals surface area contributed by atoms with Gasteiger partial charge in [0.15, 0.2) is 0 Å². The Bertz CT molecular complexity index is 416. The topological polar surface area (TPSA) is 50.5 Å². The van der Waals surface area contributed by atoms with Gasteiger partial charge in [-0.3, -0.25) is 4.90 Å². The molecule has 0 bridgehead atoms. The average molecular weight is 245 g/mol. The molecule has 1 aromatic carbocycles. The molecule has 1 aliphatic heterocycles. The largest absolute Gasteiger partial charge is 0.508 e. The van der Waals surface area contributed by atoms with Crippen LogP contribution in [0.15, 0.2) is 24.3 Å². The van der Waals surface area contributed by atoms with Crippen LogP contribution >= 0.6 is 0 Å². The SMILES string of the molecule is C[C@@H](C#N)CN1CCN(c2ccc(O)cc2)CC1. The van der Waals surface area contributed by atoms with E-state index in [1.54, 1.807) is 12.1 Å². The number of hydrogen-bond acceptors (Lipinski definition) is 4. The molecule has 1 heterocycles. The molecule has 1 atom stereocenters. The van der Waals surface area contributed by atoms with Crippen LogP contribution in [0.25, 0.3) is 0 Å². The summed E-state index contributed by atoms with van der Waals surface area (Å²) in [6, 6.07) is 9.62. The van der Waals surface area contributed by atoms with E-state index in [1.807, 2.05) is 19.1 Å². The molecule has 0 aromatic heterocycles. The molecule has 0 radical (unpaired) electrons. The third-order valence-electron chi connectivity index (χ3n) is 3.34. The lowest BCUT2D eigenvalue weighted by molar-refractivity contribution is 0.241. The lowest BCUT2D eigenvalue weighted by atomic mass is 10.1. The minimum atomic E-state index is 0.102. The fourth-order valence-electron chi connectivity index (χ4n) is 2.28. The van der Waals surface area contributed by atoms with E-state index >= 15 is 0 Å². The van der Waals surface area contributed by atoms with Gasteiger partial charge >= 0.3 is 0 Å². The third kappa shape index (κ3) is 3.14. The van der Waals surface area contributed by atoms with Gasteiger partial charge in [-0.2, -0.15) is 5.26 Å². The minimum absolute atomic E-state index is 0.102. The average Bonchev–Trinajstić information content (AvgIpc) is 2.40. The summed E-state index contributed by atoms with van der Waals surface area (Å²) in [4.78, 5) is 4.65. The summed E-state index contributed by atoms with van der Waals surface area (Å²) in [7, 11) is 0. The molecule has 1 fully saturated rings. The minimum Gasteiger partial charge on any atom is -0.508 e. The lowest BCUT2D eigenvalue weighted by Gasteiger charge is -2.36. The molecule has 0 saturated carbocycles. The van der Waals surface area contributed by atoms with Crippen LogP contribution in [0, 0.1) is 17.2 Å². The first kappa shape index (κ1) is 12.7. The molecule has 0 unspecified atom stereocenters. The van der Waals surface area contributed by atoms with E-state index in [0.29, 0.717) is 5.75 Å². The number of anilines is 1. The van der Waals surface area contributed by atoms with Crippen molar-refractivity contribution in [3.8, 4) is 11.8 Å². The molecule has 4 heteroatoms. The van der Waals surface area contributed by atoms with Crippen LogP contribution < -0.4 is 4.90 Å². The van der Waals surface area contributed by atoms with E-state index in [9.17, 15) is 5.11 Å². The van der Waals surface area contributed by atoms with Crippen LogP contribution in [0.4, 0.5) is 5.69 Å². The van der Waals surface area contributed by atoms with Gasteiger partial charge in [0.05, 0.1) is 12.0 Å². The Kier molecular flexibility index (Phi) is 4.06. The first-order valence-electron chi connectivity index (χ1n) is 6.35. The van der Waals surface area contributed by atoms with Crippen LogP contribution in [0.5, 0.6) is 5.75 Å². The van der Waals surface area contributed by atoms with Gasteiger partial charge in [-0.25, -0.2) is 0 Å². The Morgan fingerprint density at radius 3 is 2.39 bits per heavy atom. The van der Waals surface area contributed by atoms with E-state index in [2.05, 4.69) is 15.9 Å². The summed E-state index contributed by atoms with van der Waals surface area (Å²) in [5, 5.41) is 18.1. The van der Waals surface area contributed by atoms with Crippen LogP contribution in [0.3, 0.4) is 0 Å². The second kappa shape index (κ2) is 5.74. The molecule has 18 heavy (non-hydrogen) atoms. The second-order valence-corrected chi connectivity index (χ2v) is 4.83. The van der Waals surface area contributed by atoms with Gasteiger partial charge in [0.1, 0.15) is 5.75 Å². The lowest BCUT2D eigenvalue weighted by Crippen LogP contribution is -2.47. The van der Waals surface area contributed by atoms with Crippen molar-refractivity contribution in [2.75, 3.05) is 37.6 Å². The maximum atomic E-state index is 9.27. The van der Waals surface area contributed by atoms with E-state index in [0.717, 1.165) is 38.4 Å². The van der Waals surface area contributed by atoms with Gasteiger partial charge in [0, 0.05) is 38.4 Å². The molecule has 1 saturated heterocycles. The molecule has 1 aromatic rings. The molecular weight excluding hydrogens is 226 g/mol. The van der Waals surface area contributed by atoms with Crippen molar-refractivity contribution in [1.29, 1.82) is 5.26 Å². The fraction of sp³-hybridized carbons (Fsp3) is 0.500. The Morgan fingerprint density at radius 2 is 1.83 bits per heavy atom. The number of phenolic OH excluding ortho intramolecular Hbond substituents is 1. The summed E-state index contributed by atoms with van der Waals surface area (Å²) in [5.74, 6) is 0.408. The molecule has 4 nitrogen and oxygen atoms in total. The number of nitrogens with zero attached hydrogens (tertiary/aromatic N) is 3. The van der Waals surface area contributed by atoms with Crippen LogP contribution in [-0.4, -0.2) is 42.7 Å². The Labute approximate surface area is 108 Å². The Morgan fingerprint density at radius 1 is 1.22 bits per heavy atom.